The molecule has 0 spiro atoms. The molecular formula is C28H33FN6O3. The smallest absolute Gasteiger partial charge is 0.259 e. The minimum absolute atomic E-state index is 0. The fourth-order valence-corrected chi connectivity index (χ4v) is 5.56. The second-order valence-electron chi connectivity index (χ2n) is 10.1. The number of pyridine rings is 2. The van der Waals surface area contributed by atoms with Crippen LogP contribution < -0.4 is 10.5 Å². The molecule has 0 aliphatic carbocycles. The highest BCUT2D eigenvalue weighted by molar-refractivity contribution is 6.07. The zero-order valence-electron chi connectivity index (χ0n) is 21.1. The van der Waals surface area contributed by atoms with E-state index in [0.717, 1.165) is 28.7 Å². The number of ether oxygens (including phenoxy) is 1. The van der Waals surface area contributed by atoms with Gasteiger partial charge in [-0.25, -0.2) is 9.37 Å². The monoisotopic (exact) mass is 520 g/mol. The maximum Gasteiger partial charge on any atom is 0.259 e. The number of aromatic nitrogens is 4. The molecule has 0 radical (unpaired) electrons. The predicted octanol–water partition coefficient (Wildman–Crippen LogP) is 3.98. The zero-order chi connectivity index (χ0) is 25.8. The first kappa shape index (κ1) is 25.8. The molecule has 1 amide bonds. The predicted molar refractivity (Wildman–Crippen MR) is 145 cm³/mol. The quantitative estimate of drug-likeness (QED) is 0.439. The van der Waals surface area contributed by atoms with E-state index in [1.165, 1.54) is 6.07 Å². The Labute approximate surface area is 220 Å². The summed E-state index contributed by atoms with van der Waals surface area (Å²) < 4.78 is 21.2. The molecule has 2 atom stereocenters. The highest BCUT2D eigenvalue weighted by Crippen LogP contribution is 2.30. The van der Waals surface area contributed by atoms with E-state index in [1.54, 1.807) is 19.2 Å². The lowest BCUT2D eigenvalue weighted by Gasteiger charge is -2.40. The average Bonchev–Trinajstić information content (AvgIpc) is 3.56. The number of nitrogens with one attached hydrogen (secondary N) is 1. The van der Waals surface area contributed by atoms with Crippen LogP contribution in [0, 0.1) is 19.7 Å². The van der Waals surface area contributed by atoms with Crippen molar-refractivity contribution < 1.29 is 13.9 Å². The Morgan fingerprint density at radius 3 is 2.71 bits per heavy atom. The van der Waals surface area contributed by atoms with Crippen molar-refractivity contribution in [2.24, 2.45) is 0 Å². The van der Waals surface area contributed by atoms with Gasteiger partial charge in [0.05, 0.1) is 41.0 Å². The summed E-state index contributed by atoms with van der Waals surface area (Å²) in [6, 6.07) is 6.96. The Kier molecular flexibility index (Phi) is 6.68. The Hall–Kier alpha value is -3.79. The second kappa shape index (κ2) is 9.83. The summed E-state index contributed by atoms with van der Waals surface area (Å²) >= 11 is 0. The number of hydrogen-bond acceptors (Lipinski definition) is 6. The number of halogens is 1. The fraction of sp³-hybridized carbons (Fsp3) is 0.429. The minimum Gasteiger partial charge on any atom is -0.379 e. The number of carbonyl (C=O) groups is 1. The van der Waals surface area contributed by atoms with E-state index in [9.17, 15) is 14.0 Å². The molecule has 38 heavy (non-hydrogen) atoms. The van der Waals surface area contributed by atoms with E-state index in [4.69, 9.17) is 4.74 Å². The standard InChI is InChI=1S/C27H29FN6O3.CH4/c1-15-10-23-20(25-21(26(35)31-23)12-29-34(25)18-6-9-37-14-18)11-19(15)27(36)32-7-8-33(16(2)13-32)24-5-4-22(28)17(3)30-24;/h4-5,10-12,16,18H,6-9,13-14H2,1-3H3,(H,31,35);1H4/t16-,18+;/m1./s1. The van der Waals surface area contributed by atoms with Gasteiger partial charge in [0.1, 0.15) is 11.6 Å². The van der Waals surface area contributed by atoms with Crippen LogP contribution in [-0.2, 0) is 4.74 Å². The van der Waals surface area contributed by atoms with Gasteiger partial charge in [0.15, 0.2) is 0 Å². The summed E-state index contributed by atoms with van der Waals surface area (Å²) in [6.07, 6.45) is 2.42. The van der Waals surface area contributed by atoms with Crippen molar-refractivity contribution in [3.63, 3.8) is 0 Å². The molecule has 3 aromatic heterocycles. The molecule has 1 N–H and O–H groups in total. The van der Waals surface area contributed by atoms with Crippen molar-refractivity contribution in [1.82, 2.24) is 24.6 Å². The van der Waals surface area contributed by atoms with Gasteiger partial charge < -0.3 is 19.5 Å². The van der Waals surface area contributed by atoms with E-state index in [0.29, 0.717) is 55.0 Å². The van der Waals surface area contributed by atoms with Crippen molar-refractivity contribution in [3.05, 3.63) is 63.5 Å². The van der Waals surface area contributed by atoms with Crippen LogP contribution in [-0.4, -0.2) is 69.4 Å². The molecule has 5 heterocycles. The SMILES string of the molecule is C.Cc1cc2[nH]c(=O)c3cnn([C@H]4CCOC4)c3c2cc1C(=O)N1CCN(c2ccc(F)c(C)n2)[C@H](C)C1. The first-order chi connectivity index (χ1) is 17.8. The van der Waals surface area contributed by atoms with Gasteiger partial charge in [-0.15, -0.1) is 0 Å². The van der Waals surface area contributed by atoms with Gasteiger partial charge in [-0.05, 0) is 57.0 Å². The number of H-pyrrole nitrogens is 1. The lowest BCUT2D eigenvalue weighted by molar-refractivity contribution is 0.0725. The van der Waals surface area contributed by atoms with Crippen LogP contribution in [0.4, 0.5) is 10.2 Å². The van der Waals surface area contributed by atoms with Crippen molar-refractivity contribution in [3.8, 4) is 0 Å². The number of piperazine rings is 1. The number of fused-ring (bicyclic) bond motifs is 3. The summed E-state index contributed by atoms with van der Waals surface area (Å²) in [5, 5.41) is 5.82. The van der Waals surface area contributed by atoms with E-state index < -0.39 is 0 Å². The first-order valence-electron chi connectivity index (χ1n) is 12.6. The highest BCUT2D eigenvalue weighted by atomic mass is 19.1. The van der Waals surface area contributed by atoms with Crippen LogP contribution in [0.25, 0.3) is 21.8 Å². The molecule has 2 aliphatic rings. The van der Waals surface area contributed by atoms with Gasteiger partial charge in [0.25, 0.3) is 11.5 Å². The molecule has 0 saturated carbocycles. The maximum atomic E-state index is 13.8. The lowest BCUT2D eigenvalue weighted by atomic mass is 10.0. The van der Waals surface area contributed by atoms with Crippen LogP contribution in [0.1, 0.15) is 48.4 Å². The van der Waals surface area contributed by atoms with Gasteiger partial charge in [-0.1, -0.05) is 7.43 Å². The normalized spacial score (nSPS) is 19.8. The lowest BCUT2D eigenvalue weighted by Crippen LogP contribution is -2.54. The summed E-state index contributed by atoms with van der Waals surface area (Å²) in [5.41, 5.74) is 2.99. The molecule has 2 fully saturated rings. The fourth-order valence-electron chi connectivity index (χ4n) is 5.56. The number of carbonyl (C=O) groups excluding carboxylic acids is 1. The molecule has 2 aliphatic heterocycles. The first-order valence-corrected chi connectivity index (χ1v) is 12.6. The number of aromatic amines is 1. The van der Waals surface area contributed by atoms with Gasteiger partial charge in [0, 0.05) is 43.2 Å². The number of anilines is 1. The number of amides is 1. The van der Waals surface area contributed by atoms with Crippen LogP contribution in [0.5, 0.6) is 0 Å². The molecule has 6 rings (SSSR count). The minimum atomic E-state index is -0.325. The maximum absolute atomic E-state index is 13.8. The number of rotatable bonds is 3. The van der Waals surface area contributed by atoms with Crippen LogP contribution in [0.2, 0.25) is 0 Å². The van der Waals surface area contributed by atoms with E-state index in [-0.39, 0.29) is 36.8 Å². The van der Waals surface area contributed by atoms with Gasteiger partial charge >= 0.3 is 0 Å². The summed E-state index contributed by atoms with van der Waals surface area (Å²) in [4.78, 5) is 37.9. The van der Waals surface area contributed by atoms with Crippen LogP contribution in [0.3, 0.4) is 0 Å². The van der Waals surface area contributed by atoms with Gasteiger partial charge in [-0.2, -0.15) is 5.10 Å². The van der Waals surface area contributed by atoms with E-state index in [2.05, 4.69) is 20.0 Å². The zero-order valence-corrected chi connectivity index (χ0v) is 21.1. The average molecular weight is 521 g/mol. The third kappa shape index (κ3) is 4.22. The Bertz CT molecular complexity index is 1590. The number of benzene rings is 1. The molecule has 2 saturated heterocycles. The summed E-state index contributed by atoms with van der Waals surface area (Å²) in [7, 11) is 0. The summed E-state index contributed by atoms with van der Waals surface area (Å²) in [5.74, 6) is 0.342. The highest BCUT2D eigenvalue weighted by Gasteiger charge is 2.30. The van der Waals surface area contributed by atoms with Crippen LogP contribution in [0.15, 0.2) is 35.3 Å². The number of hydrogen-bond donors (Lipinski definition) is 1. The molecule has 0 unspecified atom stereocenters. The van der Waals surface area contributed by atoms with Crippen molar-refractivity contribution in [2.45, 2.75) is 46.7 Å². The van der Waals surface area contributed by atoms with Crippen molar-refractivity contribution in [2.75, 3.05) is 37.7 Å². The topological polar surface area (TPSA) is 96.3 Å². The Morgan fingerprint density at radius 1 is 1.18 bits per heavy atom. The number of aryl methyl sites for hydroxylation is 2. The van der Waals surface area contributed by atoms with Gasteiger partial charge in [-0.3, -0.25) is 14.3 Å². The van der Waals surface area contributed by atoms with E-state index in [1.807, 2.05) is 35.6 Å². The molecule has 9 nitrogen and oxygen atoms in total. The molecule has 4 aromatic rings. The number of nitrogens with zero attached hydrogens (tertiary/aromatic N) is 5. The third-order valence-electron chi connectivity index (χ3n) is 7.61. The van der Waals surface area contributed by atoms with Crippen molar-refractivity contribution in [1.29, 1.82) is 0 Å². The molecule has 10 heteroatoms. The Balaban J connectivity index is 0.00000294. The summed E-state index contributed by atoms with van der Waals surface area (Å²) in [6.45, 7) is 8.45. The molecule has 200 valence electrons. The van der Waals surface area contributed by atoms with Crippen LogP contribution >= 0.6 is 0 Å². The van der Waals surface area contributed by atoms with Gasteiger partial charge in [0.2, 0.25) is 0 Å². The Morgan fingerprint density at radius 2 is 2.00 bits per heavy atom. The van der Waals surface area contributed by atoms with E-state index >= 15 is 0 Å². The molecular weight excluding hydrogens is 487 g/mol. The third-order valence-corrected chi connectivity index (χ3v) is 7.61. The molecule has 1 aromatic carbocycles. The molecule has 0 bridgehead atoms. The van der Waals surface area contributed by atoms with Crippen molar-refractivity contribution >= 4 is 33.5 Å². The largest absolute Gasteiger partial charge is 0.379 e. The second-order valence-corrected chi connectivity index (χ2v) is 10.1.